The van der Waals surface area contributed by atoms with Crippen LogP contribution in [-0.2, 0) is 0 Å². The van der Waals surface area contributed by atoms with E-state index in [4.69, 9.17) is 4.74 Å². The molecule has 1 fully saturated rings. The van der Waals surface area contributed by atoms with Crippen molar-refractivity contribution in [1.82, 2.24) is 24.8 Å². The molecule has 8 heteroatoms. The minimum atomic E-state index is -0.153. The van der Waals surface area contributed by atoms with Crippen LogP contribution in [0.5, 0.6) is 5.75 Å². The quantitative estimate of drug-likeness (QED) is 0.716. The Labute approximate surface area is 175 Å². The number of anilines is 1. The first kappa shape index (κ1) is 18.9. The molecule has 3 aromatic rings. The Hall–Kier alpha value is -3.13. The molecular formula is C22H26N6O2. The zero-order chi connectivity index (χ0) is 20.5. The Kier molecular flexibility index (Phi) is 5.00. The molecule has 0 saturated carbocycles. The van der Waals surface area contributed by atoms with Crippen LogP contribution in [0.15, 0.2) is 42.7 Å². The van der Waals surface area contributed by atoms with Crippen LogP contribution in [0.1, 0.15) is 35.3 Å². The van der Waals surface area contributed by atoms with Gasteiger partial charge >= 0.3 is 0 Å². The summed E-state index contributed by atoms with van der Waals surface area (Å²) in [4.78, 5) is 22.1. The number of nitrogens with zero attached hydrogens (tertiary/aromatic N) is 5. The largest absolute Gasteiger partial charge is 0.493 e. The van der Waals surface area contributed by atoms with Crippen LogP contribution in [0.3, 0.4) is 0 Å². The van der Waals surface area contributed by atoms with E-state index in [1.165, 1.54) is 0 Å². The molecule has 0 spiro atoms. The van der Waals surface area contributed by atoms with E-state index < -0.39 is 0 Å². The maximum atomic E-state index is 12.9. The minimum Gasteiger partial charge on any atom is -0.493 e. The topological polar surface area (TPSA) is 75.0 Å². The number of carbonyl (C=O) groups is 1. The Morgan fingerprint density at radius 1 is 1.23 bits per heavy atom. The summed E-state index contributed by atoms with van der Waals surface area (Å²) >= 11 is 0. The van der Waals surface area contributed by atoms with Crippen molar-refractivity contribution in [3.8, 4) is 5.75 Å². The molecule has 1 saturated heterocycles. The lowest BCUT2D eigenvalue weighted by Crippen LogP contribution is -2.46. The van der Waals surface area contributed by atoms with E-state index in [1.54, 1.807) is 16.9 Å². The fraction of sp³-hybridized carbons (Fsp3) is 0.409. The summed E-state index contributed by atoms with van der Waals surface area (Å²) in [6, 6.07) is 9.76. The highest BCUT2D eigenvalue weighted by molar-refractivity contribution is 5.94. The third kappa shape index (κ3) is 3.59. The molecule has 0 radical (unpaired) electrons. The van der Waals surface area contributed by atoms with Crippen molar-refractivity contribution in [2.45, 2.75) is 19.4 Å². The molecule has 0 bridgehead atoms. The van der Waals surface area contributed by atoms with Crippen molar-refractivity contribution in [2.75, 3.05) is 44.2 Å². The molecule has 8 nitrogen and oxygen atoms in total. The number of hydrogen-bond acceptors (Lipinski definition) is 6. The van der Waals surface area contributed by atoms with Crippen LogP contribution in [-0.4, -0.2) is 64.7 Å². The number of amides is 1. The molecule has 4 heterocycles. The molecule has 2 aliphatic rings. The van der Waals surface area contributed by atoms with E-state index >= 15 is 0 Å². The van der Waals surface area contributed by atoms with Crippen molar-refractivity contribution >= 4 is 17.4 Å². The molecule has 2 aliphatic heterocycles. The maximum Gasteiger partial charge on any atom is 0.254 e. The van der Waals surface area contributed by atoms with Gasteiger partial charge < -0.3 is 19.9 Å². The number of hydrogen-bond donors (Lipinski definition) is 1. The summed E-state index contributed by atoms with van der Waals surface area (Å²) in [7, 11) is 0. The average molecular weight is 406 g/mol. The number of ether oxygens (including phenoxy) is 1. The molecule has 1 N–H and O–H groups in total. The van der Waals surface area contributed by atoms with Crippen LogP contribution >= 0.6 is 0 Å². The maximum absolute atomic E-state index is 12.9. The van der Waals surface area contributed by atoms with E-state index in [1.807, 2.05) is 30.3 Å². The van der Waals surface area contributed by atoms with Gasteiger partial charge in [-0.25, -0.2) is 9.50 Å². The zero-order valence-electron chi connectivity index (χ0n) is 17.1. The van der Waals surface area contributed by atoms with Gasteiger partial charge in [-0.05, 0) is 12.6 Å². The number of benzene rings is 1. The highest BCUT2D eigenvalue weighted by atomic mass is 16.5. The average Bonchev–Trinajstić information content (AvgIpc) is 3.23. The smallest absolute Gasteiger partial charge is 0.254 e. The number of rotatable bonds is 4. The predicted molar refractivity (Wildman–Crippen MR) is 114 cm³/mol. The Morgan fingerprint density at radius 2 is 2.07 bits per heavy atom. The Morgan fingerprint density at radius 3 is 2.90 bits per heavy atom. The standard InChI is InChI=1S/C22H26N6O2/c1-2-26-8-10-27(11-9-26)21-13-20-23-14-16(15-28(20)25-21)22(29)24-18-7-12-30-19-6-4-3-5-17(18)19/h3-6,13-15,18H,2,7-12H2,1H3,(H,24,29)/t18-/m0/s1. The number of nitrogens with one attached hydrogen (secondary N) is 1. The molecule has 0 unspecified atom stereocenters. The van der Waals surface area contributed by atoms with Gasteiger partial charge in [0.25, 0.3) is 5.91 Å². The third-order valence-electron chi connectivity index (χ3n) is 5.97. The lowest BCUT2D eigenvalue weighted by atomic mass is 10.0. The molecule has 1 amide bonds. The second kappa shape index (κ2) is 7.95. The first-order valence-corrected chi connectivity index (χ1v) is 10.6. The Balaban J connectivity index is 1.32. The van der Waals surface area contributed by atoms with E-state index in [9.17, 15) is 4.79 Å². The lowest BCUT2D eigenvalue weighted by molar-refractivity contribution is 0.0924. The van der Waals surface area contributed by atoms with E-state index in [0.717, 1.165) is 61.9 Å². The van der Waals surface area contributed by atoms with Gasteiger partial charge in [0.05, 0.1) is 18.2 Å². The zero-order valence-corrected chi connectivity index (χ0v) is 17.1. The van der Waals surface area contributed by atoms with Crippen molar-refractivity contribution in [2.24, 2.45) is 0 Å². The molecule has 2 aromatic heterocycles. The van der Waals surface area contributed by atoms with E-state index in [-0.39, 0.29) is 11.9 Å². The normalized spacial score (nSPS) is 19.4. The number of carbonyl (C=O) groups excluding carboxylic acids is 1. The second-order valence-electron chi connectivity index (χ2n) is 7.77. The van der Waals surface area contributed by atoms with Crippen molar-refractivity contribution in [3.63, 3.8) is 0 Å². The summed E-state index contributed by atoms with van der Waals surface area (Å²) in [6.45, 7) is 7.85. The number of piperazine rings is 1. The number of para-hydroxylation sites is 1. The molecule has 5 rings (SSSR count). The van der Waals surface area contributed by atoms with Gasteiger partial charge in [-0.2, -0.15) is 0 Å². The first-order chi connectivity index (χ1) is 14.7. The highest BCUT2D eigenvalue weighted by Gasteiger charge is 2.24. The summed E-state index contributed by atoms with van der Waals surface area (Å²) in [5.41, 5.74) is 2.26. The van der Waals surface area contributed by atoms with Crippen LogP contribution in [0.2, 0.25) is 0 Å². The minimum absolute atomic E-state index is 0.0683. The van der Waals surface area contributed by atoms with Crippen molar-refractivity contribution in [3.05, 3.63) is 53.9 Å². The van der Waals surface area contributed by atoms with Crippen LogP contribution in [0.25, 0.3) is 5.65 Å². The SMILES string of the molecule is CCN1CCN(c2cc3ncc(C(=O)N[C@H]4CCOc5ccccc54)cn3n2)CC1. The molecule has 1 atom stereocenters. The monoisotopic (exact) mass is 406 g/mol. The van der Waals surface area contributed by atoms with E-state index in [2.05, 4.69) is 32.1 Å². The lowest BCUT2D eigenvalue weighted by Gasteiger charge is -2.33. The van der Waals surface area contributed by atoms with Gasteiger partial charge in [0, 0.05) is 56.6 Å². The fourth-order valence-corrected chi connectivity index (χ4v) is 4.16. The summed E-state index contributed by atoms with van der Waals surface area (Å²) in [5.74, 6) is 1.59. The highest BCUT2D eigenvalue weighted by Crippen LogP contribution is 2.31. The van der Waals surface area contributed by atoms with Gasteiger partial charge in [0.2, 0.25) is 0 Å². The van der Waals surface area contributed by atoms with Gasteiger partial charge in [0.1, 0.15) is 5.75 Å². The van der Waals surface area contributed by atoms with Crippen molar-refractivity contribution < 1.29 is 9.53 Å². The Bertz CT molecular complexity index is 1060. The fourth-order valence-electron chi connectivity index (χ4n) is 4.16. The molecule has 30 heavy (non-hydrogen) atoms. The summed E-state index contributed by atoms with van der Waals surface area (Å²) in [5, 5.41) is 7.80. The first-order valence-electron chi connectivity index (χ1n) is 10.6. The number of likely N-dealkylation sites (N-methyl/N-ethyl adjacent to an activating group) is 1. The second-order valence-corrected chi connectivity index (χ2v) is 7.77. The summed E-state index contributed by atoms with van der Waals surface area (Å²) < 4.78 is 7.39. The number of fused-ring (bicyclic) bond motifs is 2. The van der Waals surface area contributed by atoms with Gasteiger partial charge in [-0.15, -0.1) is 5.10 Å². The van der Waals surface area contributed by atoms with Crippen LogP contribution in [0.4, 0.5) is 5.82 Å². The molecule has 156 valence electrons. The van der Waals surface area contributed by atoms with E-state index in [0.29, 0.717) is 12.2 Å². The molecular weight excluding hydrogens is 380 g/mol. The summed E-state index contributed by atoms with van der Waals surface area (Å²) in [6.07, 6.45) is 4.12. The van der Waals surface area contributed by atoms with Gasteiger partial charge in [0.15, 0.2) is 11.5 Å². The van der Waals surface area contributed by atoms with Gasteiger partial charge in [-0.3, -0.25) is 4.79 Å². The van der Waals surface area contributed by atoms with Gasteiger partial charge in [-0.1, -0.05) is 25.1 Å². The molecule has 0 aliphatic carbocycles. The van der Waals surface area contributed by atoms with Crippen LogP contribution < -0.4 is 15.0 Å². The van der Waals surface area contributed by atoms with Crippen molar-refractivity contribution in [1.29, 1.82) is 0 Å². The number of aromatic nitrogens is 3. The van der Waals surface area contributed by atoms with Crippen LogP contribution in [0, 0.1) is 0 Å². The molecule has 1 aromatic carbocycles. The third-order valence-corrected chi connectivity index (χ3v) is 5.97. The predicted octanol–water partition coefficient (Wildman–Crippen LogP) is 2.12.